The number of hydrogen-bond acceptors (Lipinski definition) is 3. The molecule has 2 saturated heterocycles. The molecule has 2 aliphatic rings. The topological polar surface area (TPSA) is 42.4 Å². The molecule has 96 valence electrons. The molecule has 0 N–H and O–H groups in total. The Hall–Kier alpha value is -1.42. The van der Waals surface area contributed by atoms with Gasteiger partial charge in [0.1, 0.15) is 0 Å². The van der Waals surface area contributed by atoms with Gasteiger partial charge in [-0.3, -0.25) is 9.78 Å². The number of piperidine rings is 1. The fraction of sp³-hybridized carbons (Fsp3) is 0.571. The Morgan fingerprint density at radius 1 is 1.44 bits per heavy atom. The summed E-state index contributed by atoms with van der Waals surface area (Å²) in [5.74, 6) is 0.634. The standard InChI is InChI=1S/C14H18N2O2/c1-10-8-12-9-16(7-4-13(12)18-10)14(17)11-2-5-15-6-3-11/h2-3,5-6,10,12-13H,4,7-9H2,1H3/t10-,12-,13+/m1/s1. The molecule has 18 heavy (non-hydrogen) atoms. The van der Waals surface area contributed by atoms with E-state index in [1.807, 2.05) is 4.90 Å². The highest BCUT2D eigenvalue weighted by atomic mass is 16.5. The number of carbonyl (C=O) groups excluding carboxylic acids is 1. The maximum atomic E-state index is 12.3. The second kappa shape index (κ2) is 4.69. The van der Waals surface area contributed by atoms with E-state index < -0.39 is 0 Å². The van der Waals surface area contributed by atoms with E-state index in [9.17, 15) is 4.79 Å². The molecule has 1 aromatic heterocycles. The van der Waals surface area contributed by atoms with Crippen LogP contribution in [0.3, 0.4) is 0 Å². The summed E-state index contributed by atoms with van der Waals surface area (Å²) < 4.78 is 5.85. The van der Waals surface area contributed by atoms with Crippen molar-refractivity contribution in [2.24, 2.45) is 5.92 Å². The molecular weight excluding hydrogens is 228 g/mol. The highest BCUT2D eigenvalue weighted by Crippen LogP contribution is 2.32. The van der Waals surface area contributed by atoms with Gasteiger partial charge in [0, 0.05) is 37.0 Å². The molecule has 1 amide bonds. The molecule has 0 aliphatic carbocycles. The zero-order valence-electron chi connectivity index (χ0n) is 10.6. The Morgan fingerprint density at radius 2 is 2.22 bits per heavy atom. The number of hydrogen-bond donors (Lipinski definition) is 0. The van der Waals surface area contributed by atoms with Gasteiger partial charge in [-0.2, -0.15) is 0 Å². The molecule has 1 aromatic rings. The van der Waals surface area contributed by atoms with Crippen molar-refractivity contribution in [3.63, 3.8) is 0 Å². The highest BCUT2D eigenvalue weighted by Gasteiger charge is 2.38. The van der Waals surface area contributed by atoms with Crippen LogP contribution >= 0.6 is 0 Å². The predicted octanol–water partition coefficient (Wildman–Crippen LogP) is 1.72. The van der Waals surface area contributed by atoms with Gasteiger partial charge in [-0.25, -0.2) is 0 Å². The molecule has 0 unspecified atom stereocenters. The SMILES string of the molecule is C[C@@H]1C[C@@H]2CN(C(=O)c3ccncc3)CC[C@@H]2O1. The summed E-state index contributed by atoms with van der Waals surface area (Å²) in [4.78, 5) is 18.2. The Kier molecular flexibility index (Phi) is 3.04. The van der Waals surface area contributed by atoms with E-state index in [1.165, 1.54) is 0 Å². The van der Waals surface area contributed by atoms with Crippen LogP contribution < -0.4 is 0 Å². The lowest BCUT2D eigenvalue weighted by atomic mass is 9.92. The molecular formula is C14H18N2O2. The van der Waals surface area contributed by atoms with Crippen LogP contribution in [0, 0.1) is 5.92 Å². The van der Waals surface area contributed by atoms with E-state index in [-0.39, 0.29) is 5.91 Å². The average molecular weight is 246 g/mol. The summed E-state index contributed by atoms with van der Waals surface area (Å²) in [5.41, 5.74) is 0.732. The van der Waals surface area contributed by atoms with Crippen LogP contribution in [0.2, 0.25) is 0 Å². The minimum Gasteiger partial charge on any atom is -0.375 e. The van der Waals surface area contributed by atoms with Crippen LogP contribution in [0.5, 0.6) is 0 Å². The van der Waals surface area contributed by atoms with Crippen molar-refractivity contribution < 1.29 is 9.53 Å². The zero-order valence-corrected chi connectivity index (χ0v) is 10.6. The summed E-state index contributed by atoms with van der Waals surface area (Å²) in [6.45, 7) is 3.75. The van der Waals surface area contributed by atoms with E-state index in [4.69, 9.17) is 4.74 Å². The van der Waals surface area contributed by atoms with E-state index >= 15 is 0 Å². The van der Waals surface area contributed by atoms with E-state index in [0.717, 1.165) is 31.5 Å². The van der Waals surface area contributed by atoms with Gasteiger partial charge < -0.3 is 9.64 Å². The normalized spacial score (nSPS) is 31.2. The molecule has 4 heteroatoms. The number of amides is 1. The van der Waals surface area contributed by atoms with Crippen molar-refractivity contribution in [3.8, 4) is 0 Å². The van der Waals surface area contributed by atoms with Gasteiger partial charge in [0.05, 0.1) is 12.2 Å². The molecule has 3 rings (SSSR count). The number of pyridine rings is 1. The molecule has 3 atom stereocenters. The lowest BCUT2D eigenvalue weighted by Gasteiger charge is -2.34. The van der Waals surface area contributed by atoms with Gasteiger partial charge in [-0.1, -0.05) is 0 Å². The van der Waals surface area contributed by atoms with E-state index in [1.54, 1.807) is 24.5 Å². The van der Waals surface area contributed by atoms with Crippen LogP contribution in [0.15, 0.2) is 24.5 Å². The molecule has 0 spiro atoms. The molecule has 0 bridgehead atoms. The third-order valence-electron chi connectivity index (χ3n) is 3.92. The number of ether oxygens (including phenoxy) is 1. The Bertz CT molecular complexity index is 435. The number of carbonyl (C=O) groups is 1. The third kappa shape index (κ3) is 2.12. The maximum Gasteiger partial charge on any atom is 0.253 e. The summed E-state index contributed by atoms with van der Waals surface area (Å²) in [5, 5.41) is 0. The zero-order chi connectivity index (χ0) is 12.5. The van der Waals surface area contributed by atoms with Crippen molar-refractivity contribution in [1.29, 1.82) is 0 Å². The van der Waals surface area contributed by atoms with Crippen LogP contribution in [0.25, 0.3) is 0 Å². The summed E-state index contributed by atoms with van der Waals surface area (Å²) in [7, 11) is 0. The first kappa shape index (κ1) is 11.7. The minimum absolute atomic E-state index is 0.121. The van der Waals surface area contributed by atoms with Crippen molar-refractivity contribution >= 4 is 5.91 Å². The molecule has 2 fully saturated rings. The first-order valence-corrected chi connectivity index (χ1v) is 6.59. The fourth-order valence-electron chi connectivity index (χ4n) is 3.06. The lowest BCUT2D eigenvalue weighted by molar-refractivity contribution is 0.00865. The fourth-order valence-corrected chi connectivity index (χ4v) is 3.06. The first-order valence-electron chi connectivity index (χ1n) is 6.59. The molecule has 2 aliphatic heterocycles. The number of fused-ring (bicyclic) bond motifs is 1. The van der Waals surface area contributed by atoms with Crippen molar-refractivity contribution in [3.05, 3.63) is 30.1 Å². The number of likely N-dealkylation sites (tertiary alicyclic amines) is 1. The van der Waals surface area contributed by atoms with Gasteiger partial charge in [-0.05, 0) is 31.9 Å². The number of nitrogens with zero attached hydrogens (tertiary/aromatic N) is 2. The van der Waals surface area contributed by atoms with Gasteiger partial charge >= 0.3 is 0 Å². The van der Waals surface area contributed by atoms with Gasteiger partial charge in [-0.15, -0.1) is 0 Å². The second-order valence-corrected chi connectivity index (χ2v) is 5.26. The summed E-state index contributed by atoms with van der Waals surface area (Å²) in [6.07, 6.45) is 6.08. The van der Waals surface area contributed by atoms with Crippen LogP contribution in [0.1, 0.15) is 30.1 Å². The van der Waals surface area contributed by atoms with Gasteiger partial charge in [0.2, 0.25) is 0 Å². The predicted molar refractivity (Wildman–Crippen MR) is 67.2 cm³/mol. The van der Waals surface area contributed by atoms with Crippen molar-refractivity contribution in [1.82, 2.24) is 9.88 Å². The van der Waals surface area contributed by atoms with Crippen molar-refractivity contribution in [2.45, 2.75) is 32.0 Å². The van der Waals surface area contributed by atoms with Crippen molar-refractivity contribution in [2.75, 3.05) is 13.1 Å². The smallest absolute Gasteiger partial charge is 0.253 e. The molecule has 0 aromatic carbocycles. The number of rotatable bonds is 1. The van der Waals surface area contributed by atoms with E-state index in [0.29, 0.717) is 18.1 Å². The van der Waals surface area contributed by atoms with Gasteiger partial charge in [0.15, 0.2) is 0 Å². The third-order valence-corrected chi connectivity index (χ3v) is 3.92. The van der Waals surface area contributed by atoms with E-state index in [2.05, 4.69) is 11.9 Å². The number of aromatic nitrogens is 1. The first-order chi connectivity index (χ1) is 8.74. The monoisotopic (exact) mass is 246 g/mol. The largest absolute Gasteiger partial charge is 0.375 e. The van der Waals surface area contributed by atoms with Crippen LogP contribution in [-0.2, 0) is 4.74 Å². The summed E-state index contributed by atoms with van der Waals surface area (Å²) >= 11 is 0. The maximum absolute atomic E-state index is 12.3. The lowest BCUT2D eigenvalue weighted by Crippen LogP contribution is -2.44. The second-order valence-electron chi connectivity index (χ2n) is 5.26. The Balaban J connectivity index is 1.70. The summed E-state index contributed by atoms with van der Waals surface area (Å²) in [6, 6.07) is 3.56. The molecule has 4 nitrogen and oxygen atoms in total. The molecule has 0 radical (unpaired) electrons. The average Bonchev–Trinajstić information content (AvgIpc) is 2.78. The molecule has 0 saturated carbocycles. The Labute approximate surface area is 107 Å². The quantitative estimate of drug-likeness (QED) is 0.757. The highest BCUT2D eigenvalue weighted by molar-refractivity contribution is 5.94. The van der Waals surface area contributed by atoms with Crippen LogP contribution in [0.4, 0.5) is 0 Å². The van der Waals surface area contributed by atoms with Gasteiger partial charge in [0.25, 0.3) is 5.91 Å². The minimum atomic E-state index is 0.121. The van der Waals surface area contributed by atoms with Crippen LogP contribution in [-0.4, -0.2) is 41.1 Å². The molecule has 3 heterocycles. The Morgan fingerprint density at radius 3 is 3.00 bits per heavy atom.